The van der Waals surface area contributed by atoms with Gasteiger partial charge in [0.2, 0.25) is 0 Å². The first-order valence-electron chi connectivity index (χ1n) is 6.83. The number of aliphatic hydroxyl groups is 1. The van der Waals surface area contributed by atoms with Gasteiger partial charge in [-0.2, -0.15) is 0 Å². The van der Waals surface area contributed by atoms with Crippen LogP contribution in [-0.2, 0) is 6.54 Å². The maximum absolute atomic E-state index is 13.1. The first kappa shape index (κ1) is 13.5. The molecule has 0 saturated heterocycles. The topological polar surface area (TPSA) is 32.3 Å². The Hall–Kier alpha value is -0.930. The molecule has 0 amide bonds. The van der Waals surface area contributed by atoms with Crippen LogP contribution in [0, 0.1) is 12.7 Å². The van der Waals surface area contributed by atoms with Gasteiger partial charge in [0.15, 0.2) is 0 Å². The van der Waals surface area contributed by atoms with Crippen molar-refractivity contribution in [3.63, 3.8) is 0 Å². The highest BCUT2D eigenvalue weighted by atomic mass is 19.1. The van der Waals surface area contributed by atoms with Crippen molar-refractivity contribution >= 4 is 0 Å². The van der Waals surface area contributed by atoms with Crippen molar-refractivity contribution in [3.05, 3.63) is 35.1 Å². The van der Waals surface area contributed by atoms with Crippen molar-refractivity contribution in [2.45, 2.75) is 57.7 Å². The van der Waals surface area contributed by atoms with Gasteiger partial charge < -0.3 is 10.4 Å². The van der Waals surface area contributed by atoms with Gasteiger partial charge in [-0.05, 0) is 37.0 Å². The molecule has 0 aliphatic heterocycles. The Morgan fingerprint density at radius 2 is 2.06 bits per heavy atom. The van der Waals surface area contributed by atoms with Crippen molar-refractivity contribution in [1.82, 2.24) is 5.32 Å². The normalized spacial score (nSPS) is 24.8. The second-order valence-corrected chi connectivity index (χ2v) is 5.28. The monoisotopic (exact) mass is 251 g/mol. The van der Waals surface area contributed by atoms with E-state index in [0.29, 0.717) is 12.1 Å². The molecule has 1 aliphatic carbocycles. The summed E-state index contributed by atoms with van der Waals surface area (Å²) in [5.41, 5.74) is 1.75. The second-order valence-electron chi connectivity index (χ2n) is 5.28. The molecule has 0 spiro atoms. The third-order valence-corrected chi connectivity index (χ3v) is 3.77. The number of halogens is 1. The SMILES string of the molecule is Cc1cc(CNC2CCCCCC2O)ccc1F. The van der Waals surface area contributed by atoms with E-state index in [1.807, 2.05) is 6.07 Å². The van der Waals surface area contributed by atoms with Crippen LogP contribution in [0.15, 0.2) is 18.2 Å². The Bertz CT molecular complexity index is 394. The zero-order valence-corrected chi connectivity index (χ0v) is 11.0. The van der Waals surface area contributed by atoms with Gasteiger partial charge in [-0.3, -0.25) is 0 Å². The minimum Gasteiger partial charge on any atom is -0.392 e. The summed E-state index contributed by atoms with van der Waals surface area (Å²) in [7, 11) is 0. The van der Waals surface area contributed by atoms with Crippen LogP contribution in [0.1, 0.15) is 43.2 Å². The molecule has 2 N–H and O–H groups in total. The van der Waals surface area contributed by atoms with E-state index in [1.165, 1.54) is 18.9 Å². The largest absolute Gasteiger partial charge is 0.392 e. The second kappa shape index (κ2) is 6.30. The molecule has 0 heterocycles. The lowest BCUT2D eigenvalue weighted by Crippen LogP contribution is -2.38. The predicted molar refractivity (Wildman–Crippen MR) is 70.9 cm³/mol. The fourth-order valence-corrected chi connectivity index (χ4v) is 2.59. The molecule has 3 heteroatoms. The van der Waals surface area contributed by atoms with Crippen LogP contribution in [0.2, 0.25) is 0 Å². The van der Waals surface area contributed by atoms with Crippen LogP contribution in [0.25, 0.3) is 0 Å². The molecule has 0 aromatic heterocycles. The number of hydrogen-bond donors (Lipinski definition) is 2. The third-order valence-electron chi connectivity index (χ3n) is 3.77. The highest BCUT2D eigenvalue weighted by Gasteiger charge is 2.20. The van der Waals surface area contributed by atoms with Gasteiger partial charge in [0.05, 0.1) is 6.10 Å². The molecule has 100 valence electrons. The first-order valence-corrected chi connectivity index (χ1v) is 6.83. The molecule has 2 rings (SSSR count). The predicted octanol–water partition coefficient (Wildman–Crippen LogP) is 2.92. The Balaban J connectivity index is 1.91. The van der Waals surface area contributed by atoms with Crippen LogP contribution in [0.3, 0.4) is 0 Å². The lowest BCUT2D eigenvalue weighted by atomic mass is 10.1. The van der Waals surface area contributed by atoms with Crippen molar-refractivity contribution in [2.75, 3.05) is 0 Å². The van der Waals surface area contributed by atoms with E-state index in [2.05, 4.69) is 5.32 Å². The number of rotatable bonds is 3. The summed E-state index contributed by atoms with van der Waals surface area (Å²) in [4.78, 5) is 0. The zero-order valence-electron chi connectivity index (χ0n) is 11.0. The molecule has 2 atom stereocenters. The van der Waals surface area contributed by atoms with Crippen molar-refractivity contribution in [2.24, 2.45) is 0 Å². The number of aryl methyl sites for hydroxylation is 1. The molecule has 1 saturated carbocycles. The minimum atomic E-state index is -0.242. The van der Waals surface area contributed by atoms with Crippen LogP contribution in [0.5, 0.6) is 0 Å². The van der Waals surface area contributed by atoms with Gasteiger partial charge in [-0.15, -0.1) is 0 Å². The average molecular weight is 251 g/mol. The van der Waals surface area contributed by atoms with Gasteiger partial charge in [-0.25, -0.2) is 4.39 Å². The van der Waals surface area contributed by atoms with E-state index in [4.69, 9.17) is 0 Å². The number of aliphatic hydroxyl groups excluding tert-OH is 1. The zero-order chi connectivity index (χ0) is 13.0. The molecular formula is C15H22FNO. The lowest BCUT2D eigenvalue weighted by molar-refractivity contribution is 0.119. The molecule has 0 bridgehead atoms. The van der Waals surface area contributed by atoms with Crippen LogP contribution >= 0.6 is 0 Å². The highest BCUT2D eigenvalue weighted by Crippen LogP contribution is 2.18. The van der Waals surface area contributed by atoms with Crippen molar-refractivity contribution < 1.29 is 9.50 Å². The fourth-order valence-electron chi connectivity index (χ4n) is 2.59. The van der Waals surface area contributed by atoms with Crippen LogP contribution in [-0.4, -0.2) is 17.3 Å². The fraction of sp³-hybridized carbons (Fsp3) is 0.600. The van der Waals surface area contributed by atoms with Gasteiger partial charge in [0, 0.05) is 12.6 Å². The Kier molecular flexibility index (Phi) is 4.72. The summed E-state index contributed by atoms with van der Waals surface area (Å²) < 4.78 is 13.1. The van der Waals surface area contributed by atoms with Crippen molar-refractivity contribution in [1.29, 1.82) is 0 Å². The van der Waals surface area contributed by atoms with Gasteiger partial charge >= 0.3 is 0 Å². The Morgan fingerprint density at radius 3 is 2.83 bits per heavy atom. The Morgan fingerprint density at radius 1 is 1.28 bits per heavy atom. The summed E-state index contributed by atoms with van der Waals surface area (Å²) >= 11 is 0. The molecule has 1 aliphatic rings. The Labute approximate surface area is 108 Å². The average Bonchev–Trinajstić information content (AvgIpc) is 2.56. The summed E-state index contributed by atoms with van der Waals surface area (Å²) in [6.07, 6.45) is 5.19. The van der Waals surface area contributed by atoms with Gasteiger partial charge in [0.1, 0.15) is 5.82 Å². The van der Waals surface area contributed by atoms with E-state index in [9.17, 15) is 9.50 Å². The van der Waals surface area contributed by atoms with E-state index < -0.39 is 0 Å². The van der Waals surface area contributed by atoms with E-state index >= 15 is 0 Å². The minimum absolute atomic E-state index is 0.159. The third kappa shape index (κ3) is 3.53. The number of hydrogen-bond acceptors (Lipinski definition) is 2. The maximum atomic E-state index is 13.1. The summed E-state index contributed by atoms with van der Waals surface area (Å²) in [5.74, 6) is -0.159. The van der Waals surface area contributed by atoms with E-state index in [1.54, 1.807) is 13.0 Å². The van der Waals surface area contributed by atoms with Gasteiger partial charge in [0.25, 0.3) is 0 Å². The van der Waals surface area contributed by atoms with E-state index in [0.717, 1.165) is 24.8 Å². The van der Waals surface area contributed by atoms with E-state index in [-0.39, 0.29) is 18.0 Å². The molecule has 18 heavy (non-hydrogen) atoms. The summed E-state index contributed by atoms with van der Waals surface area (Å²) in [6, 6.07) is 5.36. The maximum Gasteiger partial charge on any atom is 0.126 e. The summed E-state index contributed by atoms with van der Waals surface area (Å²) in [5, 5.41) is 13.4. The molecule has 1 fully saturated rings. The first-order chi connectivity index (χ1) is 8.66. The standard InChI is InChI=1S/C15H22FNO/c1-11-9-12(7-8-13(11)16)10-17-14-5-3-2-4-6-15(14)18/h7-9,14-15,17-18H,2-6,10H2,1H3. The molecule has 1 aromatic carbocycles. The van der Waals surface area contributed by atoms with Crippen LogP contribution in [0.4, 0.5) is 4.39 Å². The molecule has 0 radical (unpaired) electrons. The summed E-state index contributed by atoms with van der Waals surface area (Å²) in [6.45, 7) is 2.47. The van der Waals surface area contributed by atoms with Crippen molar-refractivity contribution in [3.8, 4) is 0 Å². The quantitative estimate of drug-likeness (QED) is 0.810. The van der Waals surface area contributed by atoms with Crippen LogP contribution < -0.4 is 5.32 Å². The molecule has 2 nitrogen and oxygen atoms in total. The smallest absolute Gasteiger partial charge is 0.126 e. The number of benzene rings is 1. The van der Waals surface area contributed by atoms with Gasteiger partial charge in [-0.1, -0.05) is 31.4 Å². The molecular weight excluding hydrogens is 229 g/mol. The molecule has 1 aromatic rings. The highest BCUT2D eigenvalue weighted by molar-refractivity contribution is 5.23. The molecule has 2 unspecified atom stereocenters. The number of nitrogens with one attached hydrogen (secondary N) is 1. The lowest BCUT2D eigenvalue weighted by Gasteiger charge is -2.22.